The molecule has 0 unspecified atom stereocenters. The quantitative estimate of drug-likeness (QED) is 0.677. The number of methoxy groups -OCH3 is 3. The van der Waals surface area contributed by atoms with Gasteiger partial charge in [-0.3, -0.25) is 0 Å². The maximum atomic E-state index is 12.6. The molecule has 0 bridgehead atoms. The third kappa shape index (κ3) is 3.27. The molecule has 2 aromatic carbocycles. The van der Waals surface area contributed by atoms with E-state index in [1.807, 2.05) is 6.07 Å². The summed E-state index contributed by atoms with van der Waals surface area (Å²) < 4.78 is 16.2. The van der Waals surface area contributed by atoms with E-state index in [1.54, 1.807) is 30.3 Å². The fraction of sp³-hybridized carbons (Fsp3) is 0.150. The Morgan fingerprint density at radius 3 is 2.25 bits per heavy atom. The Hall–Kier alpha value is -3.81. The van der Waals surface area contributed by atoms with Crippen LogP contribution in [0, 0.1) is 0 Å². The summed E-state index contributed by atoms with van der Waals surface area (Å²) in [4.78, 5) is 25.1. The summed E-state index contributed by atoms with van der Waals surface area (Å²) >= 11 is 0. The second kappa shape index (κ2) is 7.83. The fourth-order valence-corrected chi connectivity index (χ4v) is 2.78. The van der Waals surface area contributed by atoms with E-state index in [1.165, 1.54) is 38.1 Å². The number of benzene rings is 2. The zero-order chi connectivity index (χ0) is 20.3. The summed E-state index contributed by atoms with van der Waals surface area (Å²) in [7, 11) is 3.84. The van der Waals surface area contributed by atoms with Gasteiger partial charge in [0, 0.05) is 5.56 Å². The number of ether oxygens (including phenoxy) is 3. The van der Waals surface area contributed by atoms with Gasteiger partial charge < -0.3 is 19.3 Å². The Bertz CT molecular complexity index is 1030. The molecule has 1 aromatic heterocycles. The molecule has 0 aliphatic heterocycles. The van der Waals surface area contributed by atoms with Gasteiger partial charge in [-0.05, 0) is 30.3 Å². The first-order valence-electron chi connectivity index (χ1n) is 8.24. The summed E-state index contributed by atoms with van der Waals surface area (Å²) in [5.74, 6) is -1.36. The van der Waals surface area contributed by atoms with Gasteiger partial charge in [0.25, 0.3) is 0 Å². The fourth-order valence-electron chi connectivity index (χ4n) is 2.78. The molecular formula is C20H18N2O6. The Kier molecular flexibility index (Phi) is 5.30. The van der Waals surface area contributed by atoms with Crippen LogP contribution in [-0.2, 0) is 9.47 Å². The van der Waals surface area contributed by atoms with Crippen molar-refractivity contribution in [2.24, 2.45) is 0 Å². The number of hydrogen-bond donors (Lipinski definition) is 1. The molecule has 8 heteroatoms. The van der Waals surface area contributed by atoms with Gasteiger partial charge in [0.1, 0.15) is 11.3 Å². The third-order valence-electron chi connectivity index (χ3n) is 4.11. The Balaban J connectivity index is 2.35. The average molecular weight is 382 g/mol. The van der Waals surface area contributed by atoms with E-state index in [-0.39, 0.29) is 28.5 Å². The van der Waals surface area contributed by atoms with E-state index in [4.69, 9.17) is 14.2 Å². The van der Waals surface area contributed by atoms with Crippen LogP contribution in [0.1, 0.15) is 20.8 Å². The number of para-hydroxylation sites is 1. The number of carbonyl (C=O) groups excluding carboxylic acids is 2. The van der Waals surface area contributed by atoms with Gasteiger partial charge in [0.05, 0.1) is 27.0 Å². The lowest BCUT2D eigenvalue weighted by Crippen LogP contribution is -2.15. The van der Waals surface area contributed by atoms with Gasteiger partial charge in [-0.2, -0.15) is 5.10 Å². The molecular weight excluding hydrogens is 364 g/mol. The van der Waals surface area contributed by atoms with Gasteiger partial charge in [-0.1, -0.05) is 18.2 Å². The van der Waals surface area contributed by atoms with Crippen molar-refractivity contribution in [1.82, 2.24) is 9.78 Å². The van der Waals surface area contributed by atoms with E-state index in [2.05, 4.69) is 5.10 Å². The molecule has 144 valence electrons. The smallest absolute Gasteiger partial charge is 0.357 e. The van der Waals surface area contributed by atoms with Crippen molar-refractivity contribution in [3.63, 3.8) is 0 Å². The minimum Gasteiger partial charge on any atom is -0.504 e. The van der Waals surface area contributed by atoms with Crippen LogP contribution in [0.4, 0.5) is 0 Å². The maximum absolute atomic E-state index is 12.6. The lowest BCUT2D eigenvalue weighted by molar-refractivity contribution is 0.0549. The second-order valence-corrected chi connectivity index (χ2v) is 5.69. The van der Waals surface area contributed by atoms with Crippen LogP contribution in [0.5, 0.6) is 11.5 Å². The van der Waals surface area contributed by atoms with E-state index in [0.29, 0.717) is 11.3 Å². The van der Waals surface area contributed by atoms with Crippen LogP contribution in [0.2, 0.25) is 0 Å². The molecule has 0 saturated heterocycles. The Morgan fingerprint density at radius 2 is 1.64 bits per heavy atom. The van der Waals surface area contributed by atoms with Crippen molar-refractivity contribution in [1.29, 1.82) is 0 Å². The first-order valence-corrected chi connectivity index (χ1v) is 8.24. The molecule has 1 N–H and O–H groups in total. The Morgan fingerprint density at radius 1 is 0.964 bits per heavy atom. The molecule has 0 fully saturated rings. The number of nitrogens with zero attached hydrogens (tertiary/aromatic N) is 2. The van der Waals surface area contributed by atoms with Crippen LogP contribution in [0.15, 0.2) is 48.5 Å². The molecule has 3 rings (SSSR count). The van der Waals surface area contributed by atoms with Crippen molar-refractivity contribution in [2.75, 3.05) is 21.3 Å². The SMILES string of the molecule is COC(=O)c1c(-c2ccc(O)c(OC)c2)nn(-c2ccccc2)c1C(=O)OC. The van der Waals surface area contributed by atoms with Gasteiger partial charge in [-0.25, -0.2) is 14.3 Å². The first-order chi connectivity index (χ1) is 13.5. The van der Waals surface area contributed by atoms with Crippen molar-refractivity contribution in [2.45, 2.75) is 0 Å². The molecule has 3 aromatic rings. The lowest BCUT2D eigenvalue weighted by Gasteiger charge is -2.07. The summed E-state index contributed by atoms with van der Waals surface area (Å²) in [5, 5.41) is 14.3. The van der Waals surface area contributed by atoms with Crippen molar-refractivity contribution in [3.05, 3.63) is 59.8 Å². The number of phenolic OH excluding ortho intramolecular Hbond substituents is 1. The van der Waals surface area contributed by atoms with Gasteiger partial charge >= 0.3 is 11.9 Å². The largest absolute Gasteiger partial charge is 0.504 e. The average Bonchev–Trinajstić information content (AvgIpc) is 3.14. The van der Waals surface area contributed by atoms with E-state index >= 15 is 0 Å². The number of aromatic nitrogens is 2. The normalized spacial score (nSPS) is 10.4. The molecule has 0 atom stereocenters. The van der Waals surface area contributed by atoms with Gasteiger partial charge in [-0.15, -0.1) is 0 Å². The molecule has 0 amide bonds. The molecule has 0 spiro atoms. The highest BCUT2D eigenvalue weighted by Gasteiger charge is 2.31. The highest BCUT2D eigenvalue weighted by Crippen LogP contribution is 2.34. The summed E-state index contributed by atoms with van der Waals surface area (Å²) in [6.45, 7) is 0. The van der Waals surface area contributed by atoms with Crippen molar-refractivity contribution >= 4 is 11.9 Å². The third-order valence-corrected chi connectivity index (χ3v) is 4.11. The summed E-state index contributed by atoms with van der Waals surface area (Å²) in [6.07, 6.45) is 0. The Labute approximate surface area is 160 Å². The predicted molar refractivity (Wildman–Crippen MR) is 99.9 cm³/mol. The number of carbonyl (C=O) groups is 2. The second-order valence-electron chi connectivity index (χ2n) is 5.69. The number of esters is 2. The van der Waals surface area contributed by atoms with E-state index < -0.39 is 11.9 Å². The first kappa shape index (κ1) is 19.0. The highest BCUT2D eigenvalue weighted by atomic mass is 16.5. The van der Waals surface area contributed by atoms with Crippen LogP contribution < -0.4 is 4.74 Å². The van der Waals surface area contributed by atoms with Crippen LogP contribution in [-0.4, -0.2) is 48.2 Å². The van der Waals surface area contributed by atoms with E-state index in [0.717, 1.165) is 0 Å². The van der Waals surface area contributed by atoms with Crippen molar-refractivity contribution < 1.29 is 28.9 Å². The van der Waals surface area contributed by atoms with E-state index in [9.17, 15) is 14.7 Å². The molecule has 0 aliphatic carbocycles. The van der Waals surface area contributed by atoms with Crippen molar-refractivity contribution in [3.8, 4) is 28.4 Å². The number of phenols is 1. The topological polar surface area (TPSA) is 99.9 Å². The number of aromatic hydroxyl groups is 1. The molecule has 0 radical (unpaired) electrons. The lowest BCUT2D eigenvalue weighted by atomic mass is 10.0. The van der Waals surface area contributed by atoms with Crippen LogP contribution in [0.25, 0.3) is 16.9 Å². The summed E-state index contributed by atoms with van der Waals surface area (Å²) in [5.41, 5.74) is 1.09. The van der Waals surface area contributed by atoms with Gasteiger partial charge in [0.2, 0.25) is 0 Å². The molecule has 1 heterocycles. The predicted octanol–water partition coefficient (Wildman–Crippen LogP) is 2.83. The number of hydrogen-bond acceptors (Lipinski definition) is 7. The molecule has 0 saturated carbocycles. The number of rotatable bonds is 5. The minimum atomic E-state index is -0.746. The molecule has 28 heavy (non-hydrogen) atoms. The zero-order valence-corrected chi connectivity index (χ0v) is 15.5. The van der Waals surface area contributed by atoms with Crippen LogP contribution >= 0.6 is 0 Å². The standard InChI is InChI=1S/C20H18N2O6/c1-26-15-11-12(9-10-14(15)23)17-16(19(24)27-2)18(20(25)28-3)22(21-17)13-7-5-4-6-8-13/h4-11,23H,1-3H3. The monoisotopic (exact) mass is 382 g/mol. The highest BCUT2D eigenvalue weighted by molar-refractivity contribution is 6.06. The minimum absolute atomic E-state index is 0.0501. The summed E-state index contributed by atoms with van der Waals surface area (Å²) in [6, 6.07) is 13.3. The van der Waals surface area contributed by atoms with Crippen LogP contribution in [0.3, 0.4) is 0 Å². The maximum Gasteiger partial charge on any atom is 0.357 e. The molecule has 0 aliphatic rings. The zero-order valence-electron chi connectivity index (χ0n) is 15.5. The van der Waals surface area contributed by atoms with Gasteiger partial charge in [0.15, 0.2) is 17.2 Å². The molecule has 8 nitrogen and oxygen atoms in total.